The first-order valence-electron chi connectivity index (χ1n) is 3.61. The van der Waals surface area contributed by atoms with Crippen molar-refractivity contribution in [3.63, 3.8) is 0 Å². The number of nitrogens with zero attached hydrogens (tertiary/aromatic N) is 1. The van der Waals surface area contributed by atoms with E-state index in [1.165, 1.54) is 13.1 Å². The molecule has 1 unspecified atom stereocenters. The molecule has 4 nitrogen and oxygen atoms in total. The monoisotopic (exact) mass is 201 g/mol. The lowest BCUT2D eigenvalue weighted by Gasteiger charge is -2.09. The Labute approximate surface area is 80.1 Å². The van der Waals surface area contributed by atoms with Gasteiger partial charge in [-0.25, -0.2) is 9.78 Å². The molecule has 1 aromatic rings. The highest BCUT2D eigenvalue weighted by Crippen LogP contribution is 2.20. The number of hydrogen-bond acceptors (Lipinski definition) is 3. The van der Waals surface area contributed by atoms with Gasteiger partial charge in [0.15, 0.2) is 6.10 Å². The molecule has 0 fully saturated rings. The Kier molecular flexibility index (Phi) is 3.08. The fraction of sp³-hybridized carbons (Fsp3) is 0.250. The first kappa shape index (κ1) is 9.80. The number of pyridine rings is 1. The van der Waals surface area contributed by atoms with E-state index in [0.29, 0.717) is 5.02 Å². The zero-order valence-corrected chi connectivity index (χ0v) is 7.65. The maximum absolute atomic E-state index is 10.4. The van der Waals surface area contributed by atoms with Gasteiger partial charge in [0.1, 0.15) is 5.02 Å². The third-order valence-electron chi connectivity index (χ3n) is 1.36. The van der Waals surface area contributed by atoms with Crippen molar-refractivity contribution >= 4 is 17.6 Å². The molecule has 0 aliphatic heterocycles. The second-order valence-electron chi connectivity index (χ2n) is 2.39. The highest BCUT2D eigenvalue weighted by molar-refractivity contribution is 6.31. The molecule has 1 heterocycles. The van der Waals surface area contributed by atoms with Gasteiger partial charge in [-0.05, 0) is 19.1 Å². The van der Waals surface area contributed by atoms with Crippen molar-refractivity contribution in [2.75, 3.05) is 0 Å². The van der Waals surface area contributed by atoms with Crippen molar-refractivity contribution in [3.05, 3.63) is 23.4 Å². The standard InChI is InChI=1S/C8H8ClNO3/c1-5(8(11)12)13-7-6(9)3-2-4-10-7/h2-5H,1H3,(H,11,12). The van der Waals surface area contributed by atoms with Crippen molar-refractivity contribution < 1.29 is 14.6 Å². The summed E-state index contributed by atoms with van der Waals surface area (Å²) in [5, 5.41) is 8.84. The van der Waals surface area contributed by atoms with E-state index in [9.17, 15) is 4.79 Å². The minimum absolute atomic E-state index is 0.138. The average molecular weight is 202 g/mol. The van der Waals surface area contributed by atoms with Crippen LogP contribution in [0.3, 0.4) is 0 Å². The Morgan fingerprint density at radius 2 is 2.46 bits per heavy atom. The van der Waals surface area contributed by atoms with E-state index in [1.54, 1.807) is 12.1 Å². The van der Waals surface area contributed by atoms with Crippen LogP contribution >= 0.6 is 11.6 Å². The predicted octanol–water partition coefficient (Wildman–Crippen LogP) is 1.59. The summed E-state index contributed by atoms with van der Waals surface area (Å²) < 4.78 is 4.96. The molecular formula is C8H8ClNO3. The average Bonchev–Trinajstić information content (AvgIpc) is 2.08. The Hall–Kier alpha value is -1.29. The second-order valence-corrected chi connectivity index (χ2v) is 2.80. The van der Waals surface area contributed by atoms with Gasteiger partial charge in [0, 0.05) is 6.20 Å². The van der Waals surface area contributed by atoms with E-state index in [0.717, 1.165) is 0 Å². The number of carbonyl (C=O) groups is 1. The minimum atomic E-state index is -1.05. The molecule has 1 N–H and O–H groups in total. The summed E-state index contributed by atoms with van der Waals surface area (Å²) in [5.41, 5.74) is 0. The first-order chi connectivity index (χ1) is 6.11. The lowest BCUT2D eigenvalue weighted by molar-refractivity contribution is -0.144. The Bertz CT molecular complexity index is 316. The molecule has 1 rings (SSSR count). The number of ether oxygens (including phenoxy) is 1. The van der Waals surface area contributed by atoms with Gasteiger partial charge in [0.25, 0.3) is 0 Å². The van der Waals surface area contributed by atoms with Crippen LogP contribution in [0.1, 0.15) is 6.92 Å². The van der Waals surface area contributed by atoms with Crippen LogP contribution in [-0.2, 0) is 4.79 Å². The third kappa shape index (κ3) is 2.59. The number of carboxylic acid groups (broad SMARTS) is 1. The predicted molar refractivity (Wildman–Crippen MR) is 47.0 cm³/mol. The normalized spacial score (nSPS) is 12.2. The van der Waals surface area contributed by atoms with Gasteiger partial charge in [-0.1, -0.05) is 11.6 Å². The molecule has 0 saturated carbocycles. The van der Waals surface area contributed by atoms with E-state index >= 15 is 0 Å². The van der Waals surface area contributed by atoms with Crippen molar-refractivity contribution in [1.82, 2.24) is 4.98 Å². The third-order valence-corrected chi connectivity index (χ3v) is 1.65. The van der Waals surface area contributed by atoms with E-state index in [-0.39, 0.29) is 5.88 Å². The van der Waals surface area contributed by atoms with E-state index < -0.39 is 12.1 Å². The number of carboxylic acids is 1. The van der Waals surface area contributed by atoms with Crippen molar-refractivity contribution in [1.29, 1.82) is 0 Å². The molecule has 0 radical (unpaired) electrons. The molecule has 0 aromatic carbocycles. The van der Waals surface area contributed by atoms with Crippen molar-refractivity contribution in [3.8, 4) is 5.88 Å². The van der Waals surface area contributed by atoms with Gasteiger partial charge in [0.2, 0.25) is 5.88 Å². The number of aliphatic carboxylic acids is 1. The Balaban J connectivity index is 2.74. The molecule has 0 amide bonds. The van der Waals surface area contributed by atoms with Crippen LogP contribution in [0.25, 0.3) is 0 Å². The molecule has 5 heteroatoms. The van der Waals surface area contributed by atoms with Crippen LogP contribution in [0.15, 0.2) is 18.3 Å². The molecule has 1 aromatic heterocycles. The zero-order chi connectivity index (χ0) is 9.84. The zero-order valence-electron chi connectivity index (χ0n) is 6.90. The van der Waals surface area contributed by atoms with E-state index in [4.69, 9.17) is 21.4 Å². The fourth-order valence-corrected chi connectivity index (χ4v) is 0.842. The molecular weight excluding hydrogens is 194 g/mol. The molecule has 70 valence electrons. The number of hydrogen-bond donors (Lipinski definition) is 1. The number of halogens is 1. The van der Waals surface area contributed by atoms with Crippen LogP contribution in [0.5, 0.6) is 5.88 Å². The van der Waals surface area contributed by atoms with Crippen LogP contribution in [-0.4, -0.2) is 22.2 Å². The second kappa shape index (κ2) is 4.09. The SMILES string of the molecule is CC(Oc1ncccc1Cl)C(=O)O. The number of rotatable bonds is 3. The van der Waals surface area contributed by atoms with Crippen molar-refractivity contribution in [2.45, 2.75) is 13.0 Å². The topological polar surface area (TPSA) is 59.4 Å². The smallest absolute Gasteiger partial charge is 0.344 e. The maximum atomic E-state index is 10.4. The van der Waals surface area contributed by atoms with Gasteiger partial charge in [-0.2, -0.15) is 0 Å². The molecule has 0 saturated heterocycles. The summed E-state index contributed by atoms with van der Waals surface area (Å²) in [6.45, 7) is 1.41. The van der Waals surface area contributed by atoms with Gasteiger partial charge in [-0.3, -0.25) is 0 Å². The van der Waals surface area contributed by atoms with Gasteiger partial charge in [-0.15, -0.1) is 0 Å². The van der Waals surface area contributed by atoms with Crippen LogP contribution in [0, 0.1) is 0 Å². The lowest BCUT2D eigenvalue weighted by atomic mass is 10.4. The first-order valence-corrected chi connectivity index (χ1v) is 3.99. The summed E-state index contributed by atoms with van der Waals surface area (Å²) in [4.78, 5) is 14.2. The Morgan fingerprint density at radius 1 is 1.77 bits per heavy atom. The summed E-state index contributed by atoms with van der Waals surface area (Å²) in [6, 6.07) is 3.22. The molecule has 0 aliphatic carbocycles. The summed E-state index contributed by atoms with van der Waals surface area (Å²) >= 11 is 5.69. The van der Waals surface area contributed by atoms with Gasteiger partial charge >= 0.3 is 5.97 Å². The molecule has 1 atom stereocenters. The highest BCUT2D eigenvalue weighted by Gasteiger charge is 2.14. The quantitative estimate of drug-likeness (QED) is 0.807. The van der Waals surface area contributed by atoms with Crippen LogP contribution < -0.4 is 4.74 Å². The highest BCUT2D eigenvalue weighted by atomic mass is 35.5. The molecule has 0 aliphatic rings. The van der Waals surface area contributed by atoms with Crippen molar-refractivity contribution in [2.24, 2.45) is 0 Å². The van der Waals surface area contributed by atoms with Gasteiger partial charge in [0.05, 0.1) is 0 Å². The van der Waals surface area contributed by atoms with E-state index in [2.05, 4.69) is 4.98 Å². The van der Waals surface area contributed by atoms with Gasteiger partial charge < -0.3 is 9.84 Å². The summed E-state index contributed by atoms with van der Waals surface area (Å²) in [5.74, 6) is -0.916. The minimum Gasteiger partial charge on any atom is -0.479 e. The lowest BCUT2D eigenvalue weighted by Crippen LogP contribution is -2.23. The Morgan fingerprint density at radius 3 is 3.00 bits per heavy atom. The fourth-order valence-electron chi connectivity index (χ4n) is 0.676. The molecule has 0 spiro atoms. The molecule has 13 heavy (non-hydrogen) atoms. The molecule has 0 bridgehead atoms. The van der Waals surface area contributed by atoms with Crippen LogP contribution in [0.2, 0.25) is 5.02 Å². The summed E-state index contributed by atoms with van der Waals surface area (Å²) in [6.07, 6.45) is 0.530. The maximum Gasteiger partial charge on any atom is 0.344 e. The van der Waals surface area contributed by atoms with Crippen LogP contribution in [0.4, 0.5) is 0 Å². The largest absolute Gasteiger partial charge is 0.479 e. The number of aromatic nitrogens is 1. The summed E-state index contributed by atoms with van der Waals surface area (Å²) in [7, 11) is 0. The van der Waals surface area contributed by atoms with E-state index in [1.807, 2.05) is 0 Å².